The number of carbonyl (C=O) groups excluding carboxylic acids is 1. The van der Waals surface area contributed by atoms with E-state index in [1.54, 1.807) is 0 Å². The highest BCUT2D eigenvalue weighted by molar-refractivity contribution is 5.88. The van der Waals surface area contributed by atoms with E-state index in [0.717, 1.165) is 51.4 Å². The average molecular weight is 341 g/mol. The Bertz CT molecular complexity index is 702. The summed E-state index contributed by atoms with van der Waals surface area (Å²) in [6, 6.07) is 5.99. The van der Waals surface area contributed by atoms with Crippen LogP contribution in [-0.4, -0.2) is 54.2 Å². The molecule has 2 aliphatic heterocycles. The van der Waals surface area contributed by atoms with E-state index >= 15 is 0 Å². The molecule has 4 bridgehead atoms. The smallest absolute Gasteiger partial charge is 0.255 e. The van der Waals surface area contributed by atoms with Crippen LogP contribution in [0.25, 0.3) is 0 Å². The number of hydrogen-bond acceptors (Lipinski definition) is 4. The molecule has 4 aliphatic rings. The molecule has 1 aromatic rings. The summed E-state index contributed by atoms with van der Waals surface area (Å²) in [4.78, 5) is 22.3. The maximum absolute atomic E-state index is 13.5. The Hall–Kier alpha value is -1.62. The van der Waals surface area contributed by atoms with Gasteiger partial charge in [-0.05, 0) is 37.3 Å². The van der Waals surface area contributed by atoms with E-state index in [1.165, 1.54) is 6.42 Å². The van der Waals surface area contributed by atoms with Crippen LogP contribution in [0.5, 0.6) is 0 Å². The van der Waals surface area contributed by atoms with Crippen LogP contribution in [0.2, 0.25) is 0 Å². The van der Waals surface area contributed by atoms with E-state index in [0.29, 0.717) is 5.92 Å². The van der Waals surface area contributed by atoms with Gasteiger partial charge in [0.05, 0.1) is 6.61 Å². The van der Waals surface area contributed by atoms with Gasteiger partial charge >= 0.3 is 0 Å². The van der Waals surface area contributed by atoms with Gasteiger partial charge in [0, 0.05) is 43.2 Å². The largest absolute Gasteiger partial charge is 0.364 e. The molecule has 25 heavy (non-hydrogen) atoms. The van der Waals surface area contributed by atoms with E-state index in [9.17, 15) is 4.79 Å². The molecule has 0 N–H and O–H groups in total. The number of piperazine rings is 1. The summed E-state index contributed by atoms with van der Waals surface area (Å²) in [6.07, 6.45) is 5.15. The highest BCUT2D eigenvalue weighted by Crippen LogP contribution is 2.75. The molecule has 0 unspecified atom stereocenters. The molecule has 2 saturated carbocycles. The SMILES string of the molecule is C[C@]12CC[C@H]3C[C@@]1(C(=O)N1CCN(c4ccccn4)CC1)OC[C@@]32C. The molecular formula is C20H27N3O2. The zero-order valence-electron chi connectivity index (χ0n) is 15.2. The summed E-state index contributed by atoms with van der Waals surface area (Å²) in [6.45, 7) is 8.64. The first-order valence-electron chi connectivity index (χ1n) is 9.60. The normalized spacial score (nSPS) is 42.2. The van der Waals surface area contributed by atoms with Crippen molar-refractivity contribution < 1.29 is 9.53 Å². The van der Waals surface area contributed by atoms with E-state index in [1.807, 2.05) is 24.4 Å². The fourth-order valence-corrected chi connectivity index (χ4v) is 6.17. The molecule has 3 heterocycles. The Morgan fingerprint density at radius 1 is 1.24 bits per heavy atom. The predicted octanol–water partition coefficient (Wildman–Crippen LogP) is 2.33. The van der Waals surface area contributed by atoms with Crippen molar-refractivity contribution in [3.63, 3.8) is 0 Å². The lowest BCUT2D eigenvalue weighted by atomic mass is 9.66. The van der Waals surface area contributed by atoms with Crippen LogP contribution in [0, 0.1) is 16.7 Å². The Morgan fingerprint density at radius 3 is 2.68 bits per heavy atom. The van der Waals surface area contributed by atoms with Crippen molar-refractivity contribution in [2.45, 2.75) is 38.7 Å². The first kappa shape index (κ1) is 15.6. The number of amides is 1. The third-order valence-electron chi connectivity index (χ3n) is 8.08. The lowest BCUT2D eigenvalue weighted by Crippen LogP contribution is -2.60. The van der Waals surface area contributed by atoms with Gasteiger partial charge in [-0.3, -0.25) is 4.79 Å². The van der Waals surface area contributed by atoms with E-state index in [4.69, 9.17) is 4.74 Å². The van der Waals surface area contributed by atoms with Crippen molar-refractivity contribution in [3.8, 4) is 0 Å². The standard InChI is InChI=1S/C20H27N3O2/c1-18-14-25-20(13-15(18)6-7-19(18,20)2)17(24)23-11-9-22(10-12-23)16-5-3-4-8-21-16/h3-5,8,15H,6-7,9-14H2,1-2H3/t15-,18-,19+,20-/m0/s1. The van der Waals surface area contributed by atoms with Crippen LogP contribution in [0.4, 0.5) is 5.82 Å². The third kappa shape index (κ3) is 1.77. The summed E-state index contributed by atoms with van der Waals surface area (Å²) < 4.78 is 6.29. The highest BCUT2D eigenvalue weighted by atomic mass is 16.5. The fourth-order valence-electron chi connectivity index (χ4n) is 6.17. The number of aromatic nitrogens is 1. The number of anilines is 1. The van der Waals surface area contributed by atoms with Crippen molar-refractivity contribution >= 4 is 11.7 Å². The molecular weight excluding hydrogens is 314 g/mol. The van der Waals surface area contributed by atoms with Crippen molar-refractivity contribution in [2.24, 2.45) is 16.7 Å². The fraction of sp³-hybridized carbons (Fsp3) is 0.700. The molecule has 0 aromatic carbocycles. The molecule has 0 radical (unpaired) electrons. The maximum Gasteiger partial charge on any atom is 0.255 e. The minimum Gasteiger partial charge on any atom is -0.364 e. The molecule has 5 nitrogen and oxygen atoms in total. The molecule has 2 aliphatic carbocycles. The zero-order valence-corrected chi connectivity index (χ0v) is 15.2. The van der Waals surface area contributed by atoms with E-state index in [-0.39, 0.29) is 16.7 Å². The summed E-state index contributed by atoms with van der Waals surface area (Å²) in [5, 5.41) is 0. The zero-order chi connectivity index (χ0) is 17.3. The van der Waals surface area contributed by atoms with Crippen LogP contribution in [0.3, 0.4) is 0 Å². The molecule has 5 rings (SSSR count). The molecule has 1 amide bonds. The lowest BCUT2D eigenvalue weighted by molar-refractivity contribution is -0.167. The first-order chi connectivity index (χ1) is 12.0. The molecule has 4 atom stereocenters. The van der Waals surface area contributed by atoms with Gasteiger partial charge in [0.2, 0.25) is 0 Å². The monoisotopic (exact) mass is 341 g/mol. The second-order valence-corrected chi connectivity index (χ2v) is 8.77. The average Bonchev–Trinajstić information content (AvgIpc) is 3.13. The van der Waals surface area contributed by atoms with Crippen molar-refractivity contribution in [2.75, 3.05) is 37.7 Å². The van der Waals surface area contributed by atoms with Gasteiger partial charge in [0.1, 0.15) is 5.82 Å². The van der Waals surface area contributed by atoms with Gasteiger partial charge in [0.25, 0.3) is 5.91 Å². The van der Waals surface area contributed by atoms with Gasteiger partial charge in [-0.25, -0.2) is 4.98 Å². The summed E-state index contributed by atoms with van der Waals surface area (Å²) in [5.74, 6) is 1.91. The number of hydrogen-bond donors (Lipinski definition) is 0. The number of pyridine rings is 1. The van der Waals surface area contributed by atoms with Gasteiger partial charge in [-0.15, -0.1) is 0 Å². The van der Waals surface area contributed by atoms with E-state index in [2.05, 4.69) is 28.6 Å². The Kier molecular flexibility index (Phi) is 3.10. The van der Waals surface area contributed by atoms with Gasteiger partial charge in [-0.1, -0.05) is 19.9 Å². The number of carbonyl (C=O) groups is 1. The quantitative estimate of drug-likeness (QED) is 0.828. The summed E-state index contributed by atoms with van der Waals surface area (Å²) >= 11 is 0. The minimum atomic E-state index is -0.558. The van der Waals surface area contributed by atoms with Crippen LogP contribution in [0.15, 0.2) is 24.4 Å². The predicted molar refractivity (Wildman–Crippen MR) is 95.3 cm³/mol. The summed E-state index contributed by atoms with van der Waals surface area (Å²) in [5.41, 5.74) is -0.351. The maximum atomic E-state index is 13.5. The molecule has 0 spiro atoms. The Labute approximate surface area is 149 Å². The number of rotatable bonds is 2. The third-order valence-corrected chi connectivity index (χ3v) is 8.08. The van der Waals surface area contributed by atoms with Crippen LogP contribution in [0.1, 0.15) is 33.1 Å². The van der Waals surface area contributed by atoms with Gasteiger partial charge < -0.3 is 14.5 Å². The van der Waals surface area contributed by atoms with Crippen LogP contribution >= 0.6 is 0 Å². The van der Waals surface area contributed by atoms with Crippen LogP contribution < -0.4 is 4.90 Å². The van der Waals surface area contributed by atoms with Crippen molar-refractivity contribution in [1.29, 1.82) is 0 Å². The molecule has 1 aromatic heterocycles. The van der Waals surface area contributed by atoms with Gasteiger partial charge in [-0.2, -0.15) is 0 Å². The number of nitrogens with zero attached hydrogens (tertiary/aromatic N) is 3. The van der Waals surface area contributed by atoms with E-state index < -0.39 is 5.60 Å². The Balaban J connectivity index is 1.34. The van der Waals surface area contributed by atoms with Crippen LogP contribution in [-0.2, 0) is 9.53 Å². The second kappa shape index (κ2) is 4.97. The second-order valence-electron chi connectivity index (χ2n) is 8.77. The van der Waals surface area contributed by atoms with Crippen molar-refractivity contribution in [3.05, 3.63) is 24.4 Å². The molecule has 4 fully saturated rings. The Morgan fingerprint density at radius 2 is 2.04 bits per heavy atom. The first-order valence-corrected chi connectivity index (χ1v) is 9.60. The molecule has 134 valence electrons. The number of ether oxygens (including phenoxy) is 1. The summed E-state index contributed by atoms with van der Waals surface area (Å²) in [7, 11) is 0. The molecule has 2 saturated heterocycles. The topological polar surface area (TPSA) is 45.7 Å². The molecule has 5 heteroatoms. The van der Waals surface area contributed by atoms with Gasteiger partial charge in [0.15, 0.2) is 5.60 Å². The lowest BCUT2D eigenvalue weighted by Gasteiger charge is -2.45. The minimum absolute atomic E-state index is 0.0138. The highest BCUT2D eigenvalue weighted by Gasteiger charge is 2.78. The van der Waals surface area contributed by atoms with Crippen molar-refractivity contribution in [1.82, 2.24) is 9.88 Å².